The van der Waals surface area contributed by atoms with E-state index < -0.39 is 15.9 Å². The summed E-state index contributed by atoms with van der Waals surface area (Å²) >= 11 is 0. The van der Waals surface area contributed by atoms with Gasteiger partial charge in [0.05, 0.1) is 7.11 Å². The number of methoxy groups -OCH3 is 1. The lowest BCUT2D eigenvalue weighted by molar-refractivity contribution is -0.131. The molecular formula is C21H31N3O5S. The first-order valence-electron chi connectivity index (χ1n) is 10.7. The van der Waals surface area contributed by atoms with Crippen molar-refractivity contribution < 1.29 is 22.7 Å². The minimum absolute atomic E-state index is 0.000179. The summed E-state index contributed by atoms with van der Waals surface area (Å²) in [5.74, 6) is -0.141. The fourth-order valence-corrected chi connectivity index (χ4v) is 5.65. The number of hydrogen-bond acceptors (Lipinski definition) is 5. The number of likely N-dealkylation sites (tertiary alicyclic amines) is 1. The van der Waals surface area contributed by atoms with Crippen LogP contribution in [0.2, 0.25) is 0 Å². The van der Waals surface area contributed by atoms with Crippen molar-refractivity contribution in [1.29, 1.82) is 0 Å². The number of benzene rings is 1. The highest BCUT2D eigenvalue weighted by atomic mass is 32.2. The molecule has 8 nitrogen and oxygen atoms in total. The number of amides is 2. The summed E-state index contributed by atoms with van der Waals surface area (Å²) in [7, 11) is -2.31. The van der Waals surface area contributed by atoms with Gasteiger partial charge in [-0.1, -0.05) is 12.8 Å². The summed E-state index contributed by atoms with van der Waals surface area (Å²) in [4.78, 5) is 26.8. The van der Waals surface area contributed by atoms with Gasteiger partial charge in [-0.3, -0.25) is 9.59 Å². The van der Waals surface area contributed by atoms with Gasteiger partial charge < -0.3 is 15.0 Å². The lowest BCUT2D eigenvalue weighted by Gasteiger charge is -2.20. The van der Waals surface area contributed by atoms with Crippen LogP contribution in [0.25, 0.3) is 0 Å². The van der Waals surface area contributed by atoms with E-state index >= 15 is 0 Å². The van der Waals surface area contributed by atoms with Crippen LogP contribution in [-0.2, 0) is 14.8 Å². The molecular weight excluding hydrogens is 406 g/mol. The van der Waals surface area contributed by atoms with Gasteiger partial charge in [0.1, 0.15) is 10.6 Å². The molecule has 166 valence electrons. The molecule has 1 aromatic rings. The van der Waals surface area contributed by atoms with Gasteiger partial charge in [0.15, 0.2) is 0 Å². The Bertz CT molecular complexity index is 857. The van der Waals surface area contributed by atoms with Crippen LogP contribution in [0.1, 0.15) is 55.3 Å². The summed E-state index contributed by atoms with van der Waals surface area (Å²) in [6, 6.07) is 4.40. The van der Waals surface area contributed by atoms with Gasteiger partial charge in [-0.05, 0) is 43.9 Å². The van der Waals surface area contributed by atoms with E-state index in [1.807, 2.05) is 4.90 Å². The molecule has 0 spiro atoms. The third-order valence-corrected chi connectivity index (χ3v) is 7.61. The maximum absolute atomic E-state index is 13.0. The number of rotatable bonds is 7. The average Bonchev–Trinajstić information content (AvgIpc) is 3.17. The maximum Gasteiger partial charge on any atom is 0.251 e. The monoisotopic (exact) mass is 437 g/mol. The van der Waals surface area contributed by atoms with Crippen molar-refractivity contribution in [3.8, 4) is 5.75 Å². The standard InChI is InChI=1S/C21H31N3O5S/c1-29-18-9-8-17(16-19(18)30(27,28)24-14-6-7-15-24)21(26)22-11-10-20(25)23-12-4-2-3-5-13-23/h8-9,16H,2-7,10-15H2,1H3,(H,22,26). The predicted octanol–water partition coefficient (Wildman–Crippen LogP) is 2.00. The third-order valence-electron chi connectivity index (χ3n) is 5.69. The Hall–Kier alpha value is -2.13. The van der Waals surface area contributed by atoms with Gasteiger partial charge in [-0.2, -0.15) is 4.31 Å². The van der Waals surface area contributed by atoms with E-state index in [1.165, 1.54) is 29.6 Å². The molecule has 0 radical (unpaired) electrons. The van der Waals surface area contributed by atoms with Gasteiger partial charge in [-0.15, -0.1) is 0 Å². The summed E-state index contributed by atoms with van der Waals surface area (Å²) in [6.07, 6.45) is 6.25. The quantitative estimate of drug-likeness (QED) is 0.704. The number of hydrogen-bond donors (Lipinski definition) is 1. The second-order valence-corrected chi connectivity index (χ2v) is 9.68. The van der Waals surface area contributed by atoms with E-state index in [4.69, 9.17) is 4.74 Å². The van der Waals surface area contributed by atoms with Crippen LogP contribution in [0, 0.1) is 0 Å². The first-order valence-corrected chi connectivity index (χ1v) is 12.1. The lowest BCUT2D eigenvalue weighted by atomic mass is 10.2. The van der Waals surface area contributed by atoms with E-state index in [2.05, 4.69) is 5.32 Å². The van der Waals surface area contributed by atoms with Crippen molar-refractivity contribution in [2.24, 2.45) is 0 Å². The van der Waals surface area contributed by atoms with Crippen LogP contribution in [0.5, 0.6) is 5.75 Å². The van der Waals surface area contributed by atoms with E-state index in [0.29, 0.717) is 13.1 Å². The molecule has 0 bridgehead atoms. The Kier molecular flexibility index (Phi) is 7.71. The van der Waals surface area contributed by atoms with Crippen molar-refractivity contribution in [3.05, 3.63) is 23.8 Å². The second kappa shape index (κ2) is 10.3. The Morgan fingerprint density at radius 3 is 2.27 bits per heavy atom. The molecule has 2 heterocycles. The van der Waals surface area contributed by atoms with Crippen molar-refractivity contribution in [2.45, 2.75) is 49.8 Å². The molecule has 2 aliphatic heterocycles. The molecule has 0 atom stereocenters. The molecule has 0 saturated carbocycles. The first-order chi connectivity index (χ1) is 14.4. The molecule has 2 fully saturated rings. The fourth-order valence-electron chi connectivity index (χ4n) is 3.95. The van der Waals surface area contributed by atoms with E-state index in [1.54, 1.807) is 0 Å². The Morgan fingerprint density at radius 1 is 1.00 bits per heavy atom. The smallest absolute Gasteiger partial charge is 0.251 e. The van der Waals surface area contributed by atoms with Crippen LogP contribution in [0.15, 0.2) is 23.1 Å². The SMILES string of the molecule is COc1ccc(C(=O)NCCC(=O)N2CCCCCC2)cc1S(=O)(=O)N1CCCC1. The molecule has 0 aromatic heterocycles. The molecule has 30 heavy (non-hydrogen) atoms. The zero-order valence-electron chi connectivity index (χ0n) is 17.6. The van der Waals surface area contributed by atoms with Gasteiger partial charge in [0.2, 0.25) is 15.9 Å². The lowest BCUT2D eigenvalue weighted by Crippen LogP contribution is -2.35. The van der Waals surface area contributed by atoms with Crippen LogP contribution in [0.3, 0.4) is 0 Å². The zero-order valence-corrected chi connectivity index (χ0v) is 18.4. The average molecular weight is 438 g/mol. The summed E-state index contributed by atoms with van der Waals surface area (Å²) in [5, 5.41) is 2.73. The summed E-state index contributed by atoms with van der Waals surface area (Å²) in [6.45, 7) is 2.72. The van der Waals surface area contributed by atoms with Crippen LogP contribution >= 0.6 is 0 Å². The highest BCUT2D eigenvalue weighted by Gasteiger charge is 2.30. The van der Waals surface area contributed by atoms with Crippen LogP contribution in [-0.4, -0.2) is 69.3 Å². The van der Waals surface area contributed by atoms with Gasteiger partial charge >= 0.3 is 0 Å². The number of carbonyl (C=O) groups is 2. The summed E-state index contributed by atoms with van der Waals surface area (Å²) < 4.78 is 32.6. The molecule has 3 rings (SSSR count). The van der Waals surface area contributed by atoms with Gasteiger partial charge in [-0.25, -0.2) is 8.42 Å². The highest BCUT2D eigenvalue weighted by molar-refractivity contribution is 7.89. The van der Waals surface area contributed by atoms with E-state index in [0.717, 1.165) is 51.6 Å². The van der Waals surface area contributed by atoms with Crippen molar-refractivity contribution >= 4 is 21.8 Å². The fraction of sp³-hybridized carbons (Fsp3) is 0.619. The largest absolute Gasteiger partial charge is 0.495 e. The number of carbonyl (C=O) groups excluding carboxylic acids is 2. The number of nitrogens with zero attached hydrogens (tertiary/aromatic N) is 2. The topological polar surface area (TPSA) is 96.0 Å². The number of ether oxygens (including phenoxy) is 1. The maximum atomic E-state index is 13.0. The second-order valence-electron chi connectivity index (χ2n) is 7.78. The van der Waals surface area contributed by atoms with Gasteiger partial charge in [0.25, 0.3) is 5.91 Å². The Labute approximate surface area is 178 Å². The molecule has 1 N–H and O–H groups in total. The van der Waals surface area contributed by atoms with E-state index in [-0.39, 0.29) is 35.1 Å². The number of nitrogens with one attached hydrogen (secondary N) is 1. The minimum Gasteiger partial charge on any atom is -0.495 e. The molecule has 2 saturated heterocycles. The first kappa shape index (κ1) is 22.6. The third kappa shape index (κ3) is 5.31. The molecule has 2 amide bonds. The van der Waals surface area contributed by atoms with Crippen LogP contribution in [0.4, 0.5) is 0 Å². The Morgan fingerprint density at radius 2 is 1.63 bits per heavy atom. The molecule has 0 unspecified atom stereocenters. The minimum atomic E-state index is -3.72. The molecule has 2 aliphatic rings. The normalized spacial score (nSPS) is 18.1. The highest BCUT2D eigenvalue weighted by Crippen LogP contribution is 2.29. The van der Waals surface area contributed by atoms with Gasteiger partial charge in [0, 0.05) is 44.7 Å². The number of sulfonamides is 1. The molecule has 9 heteroatoms. The predicted molar refractivity (Wildman–Crippen MR) is 113 cm³/mol. The summed E-state index contributed by atoms with van der Waals surface area (Å²) in [5.41, 5.74) is 0.232. The van der Waals surface area contributed by atoms with Crippen molar-refractivity contribution in [2.75, 3.05) is 39.8 Å². The molecule has 1 aromatic carbocycles. The molecule has 0 aliphatic carbocycles. The van der Waals surface area contributed by atoms with Crippen molar-refractivity contribution in [3.63, 3.8) is 0 Å². The van der Waals surface area contributed by atoms with E-state index in [9.17, 15) is 18.0 Å². The van der Waals surface area contributed by atoms with Crippen LogP contribution < -0.4 is 10.1 Å². The zero-order chi connectivity index (χ0) is 21.6. The van der Waals surface area contributed by atoms with Crippen molar-refractivity contribution in [1.82, 2.24) is 14.5 Å². The Balaban J connectivity index is 1.63.